The summed E-state index contributed by atoms with van der Waals surface area (Å²) in [6.07, 6.45) is 2.78. The highest BCUT2D eigenvalue weighted by Crippen LogP contribution is 2.25. The molecule has 0 aliphatic heterocycles. The predicted octanol–water partition coefficient (Wildman–Crippen LogP) is 3.64. The number of aromatic nitrogens is 6. The number of rotatable bonds is 4. The van der Waals surface area contributed by atoms with Gasteiger partial charge in [0.15, 0.2) is 23.1 Å². The smallest absolute Gasteiger partial charge is 0.266 e. The summed E-state index contributed by atoms with van der Waals surface area (Å²) < 4.78 is 43.4. The first kappa shape index (κ1) is 19.7. The van der Waals surface area contributed by atoms with Crippen molar-refractivity contribution < 1.29 is 13.2 Å². The molecule has 0 amide bonds. The molecule has 3 heterocycles. The summed E-state index contributed by atoms with van der Waals surface area (Å²) in [7, 11) is 0. The zero-order valence-electron chi connectivity index (χ0n) is 16.5. The van der Waals surface area contributed by atoms with E-state index in [1.54, 1.807) is 6.92 Å². The predicted molar refractivity (Wildman–Crippen MR) is 111 cm³/mol. The van der Waals surface area contributed by atoms with Crippen molar-refractivity contribution in [2.24, 2.45) is 0 Å². The van der Waals surface area contributed by atoms with Crippen molar-refractivity contribution in [1.82, 2.24) is 29.5 Å². The highest BCUT2D eigenvalue weighted by molar-refractivity contribution is 5.82. The number of aromatic amines is 1. The molecule has 0 saturated carbocycles. The van der Waals surface area contributed by atoms with Crippen LogP contribution in [0.25, 0.3) is 27.8 Å². The van der Waals surface area contributed by atoms with E-state index in [9.17, 15) is 18.0 Å². The van der Waals surface area contributed by atoms with Gasteiger partial charge in [0.2, 0.25) is 0 Å². The van der Waals surface area contributed by atoms with Gasteiger partial charge in [0.25, 0.3) is 5.56 Å². The van der Waals surface area contributed by atoms with Gasteiger partial charge in [-0.2, -0.15) is 0 Å². The van der Waals surface area contributed by atoms with Gasteiger partial charge in [0, 0.05) is 0 Å². The van der Waals surface area contributed by atoms with Gasteiger partial charge >= 0.3 is 0 Å². The number of benzene rings is 2. The lowest BCUT2D eigenvalue weighted by atomic mass is 10.2. The fraction of sp³-hybridized carbons (Fsp3) is 0.0952. The first-order chi connectivity index (χ1) is 15.4. The third-order valence-corrected chi connectivity index (χ3v) is 4.99. The van der Waals surface area contributed by atoms with Gasteiger partial charge in [-0.05, 0) is 37.3 Å². The van der Waals surface area contributed by atoms with E-state index in [1.807, 2.05) is 0 Å². The van der Waals surface area contributed by atoms with E-state index >= 15 is 0 Å². The summed E-state index contributed by atoms with van der Waals surface area (Å²) in [6, 6.07) is 6.28. The normalized spacial score (nSPS) is 12.4. The van der Waals surface area contributed by atoms with Gasteiger partial charge in [0.05, 0.1) is 29.0 Å². The molecular weight excluding hydrogens is 423 g/mol. The second kappa shape index (κ2) is 7.45. The zero-order chi connectivity index (χ0) is 22.4. The Bertz CT molecular complexity index is 1550. The lowest BCUT2D eigenvalue weighted by molar-refractivity contribution is 0.501. The lowest BCUT2D eigenvalue weighted by Gasteiger charge is -2.20. The summed E-state index contributed by atoms with van der Waals surface area (Å²) in [6.45, 7) is 1.67. The summed E-state index contributed by atoms with van der Waals surface area (Å²) in [5, 5.41) is 3.02. The van der Waals surface area contributed by atoms with Crippen LogP contribution in [-0.2, 0) is 0 Å². The van der Waals surface area contributed by atoms with Crippen LogP contribution in [0.15, 0.2) is 53.8 Å². The van der Waals surface area contributed by atoms with E-state index in [0.717, 1.165) is 16.7 Å². The van der Waals surface area contributed by atoms with Crippen LogP contribution in [0, 0.1) is 17.5 Å². The molecule has 160 valence electrons. The number of halogens is 3. The molecule has 0 radical (unpaired) electrons. The Hall–Kier alpha value is -4.28. The van der Waals surface area contributed by atoms with Crippen molar-refractivity contribution in [3.8, 4) is 5.69 Å². The van der Waals surface area contributed by atoms with Gasteiger partial charge in [-0.25, -0.2) is 33.1 Å². The maximum absolute atomic E-state index is 14.7. The van der Waals surface area contributed by atoms with Gasteiger partial charge < -0.3 is 10.3 Å². The van der Waals surface area contributed by atoms with Crippen LogP contribution in [0.3, 0.4) is 0 Å². The van der Waals surface area contributed by atoms with E-state index in [4.69, 9.17) is 0 Å². The number of imidazole rings is 1. The molecule has 3 aromatic heterocycles. The van der Waals surface area contributed by atoms with E-state index in [2.05, 4.69) is 30.2 Å². The largest absolute Gasteiger partial charge is 0.358 e. The third-order valence-electron chi connectivity index (χ3n) is 4.99. The fourth-order valence-corrected chi connectivity index (χ4v) is 3.50. The molecule has 0 bridgehead atoms. The molecule has 0 spiro atoms. The van der Waals surface area contributed by atoms with Crippen molar-refractivity contribution >= 4 is 27.9 Å². The van der Waals surface area contributed by atoms with Crippen molar-refractivity contribution in [3.05, 3.63) is 82.7 Å². The summed E-state index contributed by atoms with van der Waals surface area (Å²) in [5.74, 6) is -2.58. The number of H-pyrrole nitrogens is 1. The third kappa shape index (κ3) is 3.14. The summed E-state index contributed by atoms with van der Waals surface area (Å²) >= 11 is 0. The Labute approximate surface area is 177 Å². The minimum absolute atomic E-state index is 0.0682. The van der Waals surface area contributed by atoms with Gasteiger partial charge in [-0.15, -0.1) is 0 Å². The van der Waals surface area contributed by atoms with E-state index in [0.29, 0.717) is 17.0 Å². The van der Waals surface area contributed by atoms with Crippen molar-refractivity contribution in [2.75, 3.05) is 5.32 Å². The molecule has 32 heavy (non-hydrogen) atoms. The van der Waals surface area contributed by atoms with Crippen molar-refractivity contribution in [3.63, 3.8) is 0 Å². The maximum atomic E-state index is 14.7. The number of hydrogen-bond donors (Lipinski definition) is 2. The van der Waals surface area contributed by atoms with Crippen LogP contribution in [0.4, 0.5) is 19.0 Å². The van der Waals surface area contributed by atoms with Crippen LogP contribution in [-0.4, -0.2) is 29.5 Å². The van der Waals surface area contributed by atoms with Crippen LogP contribution >= 0.6 is 0 Å². The van der Waals surface area contributed by atoms with Gasteiger partial charge in [-0.1, -0.05) is 6.07 Å². The monoisotopic (exact) mass is 437 g/mol. The molecule has 5 aromatic rings. The number of hydrogen-bond acceptors (Lipinski definition) is 6. The van der Waals surface area contributed by atoms with Crippen molar-refractivity contribution in [2.45, 2.75) is 13.0 Å². The standard InChI is InChI=1S/C21H14F3N7O/c1-10(29-19-17-18(26-8-25-17)27-9-28-19)20-30-14-6-5-11(22)7-12(14)21(32)31(20)15-4-2-3-13(23)16(15)24/h2-10H,1H3,(H2,25,26,27,28,29)/t10-/m0/s1. The number of nitrogens with one attached hydrogen (secondary N) is 2. The second-order valence-corrected chi connectivity index (χ2v) is 7.03. The molecule has 8 nitrogen and oxygen atoms in total. The Morgan fingerprint density at radius 2 is 1.94 bits per heavy atom. The summed E-state index contributed by atoms with van der Waals surface area (Å²) in [4.78, 5) is 33.0. The Kier molecular flexibility index (Phi) is 4.58. The van der Waals surface area contributed by atoms with Gasteiger partial charge in [0.1, 0.15) is 23.5 Å². The van der Waals surface area contributed by atoms with Crippen molar-refractivity contribution in [1.29, 1.82) is 0 Å². The molecule has 2 N–H and O–H groups in total. The number of fused-ring (bicyclic) bond motifs is 2. The summed E-state index contributed by atoms with van der Waals surface area (Å²) in [5.41, 5.74) is 0.0686. The minimum atomic E-state index is -1.22. The first-order valence-electron chi connectivity index (χ1n) is 9.51. The second-order valence-electron chi connectivity index (χ2n) is 7.03. The Morgan fingerprint density at radius 3 is 2.78 bits per heavy atom. The number of anilines is 1. The average Bonchev–Trinajstić information content (AvgIpc) is 3.26. The molecule has 5 rings (SSSR count). The van der Waals surface area contributed by atoms with Crippen LogP contribution in [0.5, 0.6) is 0 Å². The minimum Gasteiger partial charge on any atom is -0.358 e. The topological polar surface area (TPSA) is 101 Å². The van der Waals surface area contributed by atoms with Gasteiger partial charge in [-0.3, -0.25) is 9.36 Å². The highest BCUT2D eigenvalue weighted by Gasteiger charge is 2.22. The zero-order valence-corrected chi connectivity index (χ0v) is 16.5. The molecule has 0 saturated heterocycles. The van der Waals surface area contributed by atoms with E-state index < -0.39 is 29.1 Å². The number of nitrogens with zero attached hydrogens (tertiary/aromatic N) is 5. The van der Waals surface area contributed by atoms with E-state index in [-0.39, 0.29) is 22.4 Å². The Morgan fingerprint density at radius 1 is 1.09 bits per heavy atom. The highest BCUT2D eigenvalue weighted by atomic mass is 19.2. The van der Waals surface area contributed by atoms with Crippen LogP contribution in [0.2, 0.25) is 0 Å². The maximum Gasteiger partial charge on any atom is 0.266 e. The molecular formula is C21H14F3N7O. The molecule has 2 aromatic carbocycles. The first-order valence-corrected chi connectivity index (χ1v) is 9.51. The average molecular weight is 437 g/mol. The molecule has 11 heteroatoms. The fourth-order valence-electron chi connectivity index (χ4n) is 3.50. The molecule has 1 atom stereocenters. The molecule has 0 unspecified atom stereocenters. The molecule has 0 fully saturated rings. The molecule has 0 aliphatic carbocycles. The molecule has 0 aliphatic rings. The van der Waals surface area contributed by atoms with Crippen LogP contribution < -0.4 is 10.9 Å². The quantitative estimate of drug-likeness (QED) is 0.445. The van der Waals surface area contributed by atoms with Crippen LogP contribution in [0.1, 0.15) is 18.8 Å². The lowest BCUT2D eigenvalue weighted by Crippen LogP contribution is -2.28. The van der Waals surface area contributed by atoms with E-state index in [1.165, 1.54) is 36.9 Å². The SMILES string of the molecule is C[C@H](Nc1ncnc2[nH]cnc12)c1nc2ccc(F)cc2c(=O)n1-c1cccc(F)c1F. The Balaban J connectivity index is 1.74.